The molecule has 0 nitrogen and oxygen atoms in total. The Labute approximate surface area is 62.9 Å². The first-order chi connectivity index (χ1) is 4.89. The lowest BCUT2D eigenvalue weighted by Gasteiger charge is -1.86. The summed E-state index contributed by atoms with van der Waals surface area (Å²) in [7, 11) is 0. The Morgan fingerprint density at radius 3 is 2.80 bits per heavy atom. The minimum atomic E-state index is 1.09. The number of rotatable bonds is 0. The SMILES string of the molecule is CC1=C/C/C=C/CC\C=C\1. The monoisotopic (exact) mass is 134 g/mol. The van der Waals surface area contributed by atoms with Crippen LogP contribution in [-0.4, -0.2) is 0 Å². The van der Waals surface area contributed by atoms with Crippen molar-refractivity contribution in [2.75, 3.05) is 0 Å². The Morgan fingerprint density at radius 1 is 1.10 bits per heavy atom. The molecule has 1 aliphatic carbocycles. The summed E-state index contributed by atoms with van der Waals surface area (Å²) in [6.45, 7) is 2.15. The summed E-state index contributed by atoms with van der Waals surface area (Å²) in [6, 6.07) is 0. The zero-order chi connectivity index (χ0) is 7.23. The van der Waals surface area contributed by atoms with E-state index in [0.717, 1.165) is 6.42 Å². The van der Waals surface area contributed by atoms with E-state index in [0.29, 0.717) is 0 Å². The van der Waals surface area contributed by atoms with Gasteiger partial charge in [-0.1, -0.05) is 36.0 Å². The van der Waals surface area contributed by atoms with E-state index in [2.05, 4.69) is 37.3 Å². The van der Waals surface area contributed by atoms with Gasteiger partial charge in [0.1, 0.15) is 0 Å². The lowest BCUT2D eigenvalue weighted by Crippen LogP contribution is -1.66. The Bertz CT molecular complexity index is 170. The van der Waals surface area contributed by atoms with Gasteiger partial charge in [-0.3, -0.25) is 0 Å². The van der Waals surface area contributed by atoms with Gasteiger partial charge in [0.15, 0.2) is 0 Å². The molecule has 0 aromatic carbocycles. The number of hydrogen-bond acceptors (Lipinski definition) is 0. The van der Waals surface area contributed by atoms with Crippen LogP contribution in [0.25, 0.3) is 0 Å². The molecule has 0 heteroatoms. The van der Waals surface area contributed by atoms with Gasteiger partial charge in [-0.05, 0) is 26.2 Å². The molecule has 0 unspecified atom stereocenters. The molecular weight excluding hydrogens is 120 g/mol. The highest BCUT2D eigenvalue weighted by Crippen LogP contribution is 2.04. The predicted octanol–water partition coefficient (Wildman–Crippen LogP) is 3.23. The highest BCUT2D eigenvalue weighted by Gasteiger charge is 1.83. The molecule has 0 saturated carbocycles. The van der Waals surface area contributed by atoms with Crippen LogP contribution >= 0.6 is 0 Å². The Balaban J connectivity index is 2.57. The smallest absolute Gasteiger partial charge is 0.0163 e. The van der Waals surface area contributed by atoms with Gasteiger partial charge < -0.3 is 0 Å². The minimum absolute atomic E-state index is 1.09. The van der Waals surface area contributed by atoms with Crippen molar-refractivity contribution in [1.29, 1.82) is 0 Å². The molecule has 1 rings (SSSR count). The molecule has 0 saturated heterocycles. The van der Waals surface area contributed by atoms with E-state index in [1.807, 2.05) is 0 Å². The first kappa shape index (κ1) is 7.33. The van der Waals surface area contributed by atoms with Crippen molar-refractivity contribution in [3.8, 4) is 0 Å². The summed E-state index contributed by atoms with van der Waals surface area (Å²) in [4.78, 5) is 0. The van der Waals surface area contributed by atoms with Crippen LogP contribution in [0.2, 0.25) is 0 Å². The first-order valence-corrected chi connectivity index (χ1v) is 3.88. The van der Waals surface area contributed by atoms with Crippen LogP contribution in [0.4, 0.5) is 0 Å². The maximum Gasteiger partial charge on any atom is -0.0163 e. The van der Waals surface area contributed by atoms with Crippen LogP contribution in [0.3, 0.4) is 0 Å². The van der Waals surface area contributed by atoms with Crippen molar-refractivity contribution < 1.29 is 0 Å². The third-order valence-electron chi connectivity index (χ3n) is 1.62. The Morgan fingerprint density at radius 2 is 1.90 bits per heavy atom. The zero-order valence-electron chi connectivity index (χ0n) is 6.51. The van der Waals surface area contributed by atoms with E-state index in [1.165, 1.54) is 18.4 Å². The molecule has 54 valence electrons. The van der Waals surface area contributed by atoms with E-state index in [1.54, 1.807) is 0 Å². The normalized spacial score (nSPS) is 30.7. The Hall–Kier alpha value is -0.780. The second kappa shape index (κ2) is 4.10. The predicted molar refractivity (Wildman–Crippen MR) is 45.9 cm³/mol. The third kappa shape index (κ3) is 2.67. The topological polar surface area (TPSA) is 0 Å². The van der Waals surface area contributed by atoms with Gasteiger partial charge in [-0.25, -0.2) is 0 Å². The summed E-state index contributed by atoms with van der Waals surface area (Å²) in [5, 5.41) is 0. The zero-order valence-corrected chi connectivity index (χ0v) is 6.51. The van der Waals surface area contributed by atoms with Gasteiger partial charge in [-0.15, -0.1) is 0 Å². The van der Waals surface area contributed by atoms with E-state index in [9.17, 15) is 0 Å². The molecule has 0 aromatic rings. The van der Waals surface area contributed by atoms with Crippen LogP contribution in [-0.2, 0) is 0 Å². The highest BCUT2D eigenvalue weighted by atomic mass is 13.9. The summed E-state index contributed by atoms with van der Waals surface area (Å²) in [6.07, 6.45) is 14.6. The Kier molecular flexibility index (Phi) is 3.01. The van der Waals surface area contributed by atoms with E-state index in [-0.39, 0.29) is 0 Å². The number of allylic oxidation sites excluding steroid dienone is 6. The summed E-state index contributed by atoms with van der Waals surface area (Å²) >= 11 is 0. The quantitative estimate of drug-likeness (QED) is 0.446. The van der Waals surface area contributed by atoms with Crippen molar-refractivity contribution in [2.45, 2.75) is 26.2 Å². The van der Waals surface area contributed by atoms with E-state index < -0.39 is 0 Å². The fourth-order valence-electron chi connectivity index (χ4n) is 0.998. The average molecular weight is 134 g/mol. The van der Waals surface area contributed by atoms with Gasteiger partial charge in [0, 0.05) is 0 Å². The largest absolute Gasteiger partial charge is 0.0879 e. The van der Waals surface area contributed by atoms with Crippen LogP contribution in [0, 0.1) is 0 Å². The molecule has 0 N–H and O–H groups in total. The van der Waals surface area contributed by atoms with E-state index in [4.69, 9.17) is 0 Å². The fraction of sp³-hybridized carbons (Fsp3) is 0.400. The lowest BCUT2D eigenvalue weighted by atomic mass is 10.2. The summed E-state index contributed by atoms with van der Waals surface area (Å²) in [5.41, 5.74) is 1.38. The molecule has 0 fully saturated rings. The molecular formula is C10H14. The average Bonchev–Trinajstić information content (AvgIpc) is 2.02. The second-order valence-electron chi connectivity index (χ2n) is 2.63. The van der Waals surface area contributed by atoms with Crippen LogP contribution < -0.4 is 0 Å². The molecule has 0 aromatic heterocycles. The van der Waals surface area contributed by atoms with Crippen LogP contribution in [0.1, 0.15) is 26.2 Å². The molecule has 1 aliphatic rings. The maximum atomic E-state index is 2.25. The standard InChI is InChI=1S/C10H14/c1-10-8-6-4-2-3-5-7-9-10/h2,4,7-9H,3,5-6H2,1H3/b4-2+,9-7+,10-8-. The van der Waals surface area contributed by atoms with E-state index >= 15 is 0 Å². The molecule has 0 bridgehead atoms. The van der Waals surface area contributed by atoms with Crippen molar-refractivity contribution in [3.05, 3.63) is 36.0 Å². The molecule has 0 radical (unpaired) electrons. The fourth-order valence-corrected chi connectivity index (χ4v) is 0.998. The summed E-state index contributed by atoms with van der Waals surface area (Å²) in [5.74, 6) is 0. The highest BCUT2D eigenvalue weighted by molar-refractivity contribution is 5.17. The number of hydrogen-bond donors (Lipinski definition) is 0. The maximum absolute atomic E-state index is 2.25. The molecule has 10 heavy (non-hydrogen) atoms. The molecule has 0 amide bonds. The van der Waals surface area contributed by atoms with Crippen molar-refractivity contribution in [2.24, 2.45) is 0 Å². The molecule has 0 aliphatic heterocycles. The summed E-state index contributed by atoms with van der Waals surface area (Å²) < 4.78 is 0. The molecule has 0 atom stereocenters. The minimum Gasteiger partial charge on any atom is -0.0879 e. The second-order valence-corrected chi connectivity index (χ2v) is 2.63. The van der Waals surface area contributed by atoms with Crippen molar-refractivity contribution in [3.63, 3.8) is 0 Å². The van der Waals surface area contributed by atoms with Gasteiger partial charge in [0.2, 0.25) is 0 Å². The van der Waals surface area contributed by atoms with Gasteiger partial charge >= 0.3 is 0 Å². The van der Waals surface area contributed by atoms with Gasteiger partial charge in [0.05, 0.1) is 0 Å². The first-order valence-electron chi connectivity index (χ1n) is 3.88. The van der Waals surface area contributed by atoms with Crippen LogP contribution in [0.5, 0.6) is 0 Å². The molecule has 0 heterocycles. The van der Waals surface area contributed by atoms with Crippen molar-refractivity contribution >= 4 is 0 Å². The van der Waals surface area contributed by atoms with Crippen LogP contribution in [0.15, 0.2) is 36.0 Å². The van der Waals surface area contributed by atoms with Gasteiger partial charge in [0.25, 0.3) is 0 Å². The molecule has 0 spiro atoms. The third-order valence-corrected chi connectivity index (χ3v) is 1.62. The van der Waals surface area contributed by atoms with Crippen molar-refractivity contribution in [1.82, 2.24) is 0 Å². The van der Waals surface area contributed by atoms with Gasteiger partial charge in [-0.2, -0.15) is 0 Å². The lowest BCUT2D eigenvalue weighted by molar-refractivity contribution is 1.05.